The Bertz CT molecular complexity index is 427. The number of amides is 1. The van der Waals surface area contributed by atoms with Crippen LogP contribution in [0.2, 0.25) is 0 Å². The minimum Gasteiger partial charge on any atom is -0.469 e. The molecule has 3 heterocycles. The van der Waals surface area contributed by atoms with E-state index in [1.54, 1.807) is 6.26 Å². The maximum absolute atomic E-state index is 12.2. The third kappa shape index (κ3) is 1.97. The zero-order valence-electron chi connectivity index (χ0n) is 10.2. The van der Waals surface area contributed by atoms with Crippen LogP contribution in [0.1, 0.15) is 29.0 Å². The van der Waals surface area contributed by atoms with Crippen LogP contribution < -0.4 is 0 Å². The number of rotatable bonds is 1. The van der Waals surface area contributed by atoms with E-state index in [1.807, 2.05) is 17.9 Å². The fourth-order valence-electron chi connectivity index (χ4n) is 2.91. The van der Waals surface area contributed by atoms with Crippen molar-refractivity contribution < 1.29 is 9.21 Å². The van der Waals surface area contributed by atoms with Crippen LogP contribution in [-0.4, -0.2) is 47.9 Å². The summed E-state index contributed by atoms with van der Waals surface area (Å²) in [6, 6.07) is 2.41. The lowest BCUT2D eigenvalue weighted by atomic mass is 10.1. The van der Waals surface area contributed by atoms with Crippen molar-refractivity contribution in [1.29, 1.82) is 0 Å². The molecule has 2 fully saturated rings. The van der Waals surface area contributed by atoms with Crippen molar-refractivity contribution in [3.8, 4) is 0 Å². The SMILES string of the molecule is Cc1cc(C(=O)N2CCN3CCCC3C2)co1. The number of nitrogens with zero attached hydrogens (tertiary/aromatic N) is 2. The van der Waals surface area contributed by atoms with Gasteiger partial charge in [-0.25, -0.2) is 0 Å². The molecule has 2 aliphatic heterocycles. The minimum atomic E-state index is 0.119. The molecule has 4 heteroatoms. The van der Waals surface area contributed by atoms with Crippen LogP contribution >= 0.6 is 0 Å². The molecule has 17 heavy (non-hydrogen) atoms. The zero-order chi connectivity index (χ0) is 11.8. The standard InChI is InChI=1S/C13H18N2O2/c1-10-7-11(9-17-10)13(16)15-6-5-14-4-2-3-12(14)8-15/h7,9,12H,2-6,8H2,1H3. The van der Waals surface area contributed by atoms with E-state index in [9.17, 15) is 4.79 Å². The predicted octanol–water partition coefficient (Wildman–Crippen LogP) is 1.51. The molecule has 92 valence electrons. The molecule has 0 bridgehead atoms. The average molecular weight is 234 g/mol. The Morgan fingerprint density at radius 3 is 3.06 bits per heavy atom. The fourth-order valence-corrected chi connectivity index (χ4v) is 2.91. The van der Waals surface area contributed by atoms with Gasteiger partial charge in [-0.2, -0.15) is 0 Å². The van der Waals surface area contributed by atoms with Crippen LogP contribution in [0.5, 0.6) is 0 Å². The first-order chi connectivity index (χ1) is 8.24. The summed E-state index contributed by atoms with van der Waals surface area (Å²) >= 11 is 0. The van der Waals surface area contributed by atoms with E-state index in [2.05, 4.69) is 4.90 Å². The second-order valence-electron chi connectivity index (χ2n) is 5.03. The lowest BCUT2D eigenvalue weighted by molar-refractivity contribution is 0.0570. The molecule has 1 amide bonds. The maximum Gasteiger partial charge on any atom is 0.257 e. The summed E-state index contributed by atoms with van der Waals surface area (Å²) in [7, 11) is 0. The summed E-state index contributed by atoms with van der Waals surface area (Å²) in [6.45, 7) is 5.82. The summed E-state index contributed by atoms with van der Waals surface area (Å²) in [5.74, 6) is 0.918. The number of fused-ring (bicyclic) bond motifs is 1. The number of piperazine rings is 1. The van der Waals surface area contributed by atoms with E-state index in [0.29, 0.717) is 11.6 Å². The summed E-state index contributed by atoms with van der Waals surface area (Å²) in [5.41, 5.74) is 0.689. The van der Waals surface area contributed by atoms with Gasteiger partial charge >= 0.3 is 0 Å². The highest BCUT2D eigenvalue weighted by Crippen LogP contribution is 2.22. The molecule has 4 nitrogen and oxygen atoms in total. The van der Waals surface area contributed by atoms with Gasteiger partial charge in [-0.1, -0.05) is 0 Å². The van der Waals surface area contributed by atoms with Crippen molar-refractivity contribution in [3.05, 3.63) is 23.7 Å². The first kappa shape index (κ1) is 10.8. The van der Waals surface area contributed by atoms with Gasteiger partial charge in [-0.3, -0.25) is 9.69 Å². The Morgan fingerprint density at radius 2 is 2.29 bits per heavy atom. The second kappa shape index (κ2) is 4.18. The monoisotopic (exact) mass is 234 g/mol. The van der Waals surface area contributed by atoms with Crippen LogP contribution in [0.3, 0.4) is 0 Å². The van der Waals surface area contributed by atoms with Crippen LogP contribution in [0, 0.1) is 6.92 Å². The summed E-state index contributed by atoms with van der Waals surface area (Å²) in [4.78, 5) is 16.7. The lowest BCUT2D eigenvalue weighted by Gasteiger charge is -2.37. The first-order valence-corrected chi connectivity index (χ1v) is 6.32. The molecule has 0 spiro atoms. The number of hydrogen-bond acceptors (Lipinski definition) is 3. The van der Waals surface area contributed by atoms with E-state index < -0.39 is 0 Å². The fraction of sp³-hybridized carbons (Fsp3) is 0.615. The lowest BCUT2D eigenvalue weighted by Crippen LogP contribution is -2.51. The van der Waals surface area contributed by atoms with Crippen molar-refractivity contribution in [3.63, 3.8) is 0 Å². The van der Waals surface area contributed by atoms with Gasteiger partial charge in [0.15, 0.2) is 0 Å². The Morgan fingerprint density at radius 1 is 1.41 bits per heavy atom. The Kier molecular flexibility index (Phi) is 2.67. The minimum absolute atomic E-state index is 0.119. The van der Waals surface area contributed by atoms with Crippen molar-refractivity contribution in [1.82, 2.24) is 9.80 Å². The van der Waals surface area contributed by atoms with Gasteiger partial charge < -0.3 is 9.32 Å². The van der Waals surface area contributed by atoms with Gasteiger partial charge in [0.25, 0.3) is 5.91 Å². The van der Waals surface area contributed by atoms with E-state index in [0.717, 1.165) is 25.4 Å². The molecule has 0 aliphatic carbocycles. The van der Waals surface area contributed by atoms with E-state index in [4.69, 9.17) is 4.42 Å². The molecule has 0 radical (unpaired) electrons. The third-order valence-electron chi connectivity index (χ3n) is 3.85. The van der Waals surface area contributed by atoms with Gasteiger partial charge in [0, 0.05) is 25.7 Å². The van der Waals surface area contributed by atoms with Crippen LogP contribution in [0.15, 0.2) is 16.7 Å². The molecule has 1 unspecified atom stereocenters. The van der Waals surface area contributed by atoms with Crippen LogP contribution in [0.25, 0.3) is 0 Å². The first-order valence-electron chi connectivity index (χ1n) is 6.32. The van der Waals surface area contributed by atoms with E-state index >= 15 is 0 Å². The van der Waals surface area contributed by atoms with Gasteiger partial charge in [-0.15, -0.1) is 0 Å². The third-order valence-corrected chi connectivity index (χ3v) is 3.85. The normalized spacial score (nSPS) is 25.0. The molecule has 0 saturated carbocycles. The topological polar surface area (TPSA) is 36.7 Å². The van der Waals surface area contributed by atoms with Crippen molar-refractivity contribution in [2.24, 2.45) is 0 Å². The molecular formula is C13H18N2O2. The van der Waals surface area contributed by atoms with E-state index in [-0.39, 0.29) is 5.91 Å². The Balaban J connectivity index is 1.70. The number of carbonyl (C=O) groups is 1. The largest absolute Gasteiger partial charge is 0.469 e. The Hall–Kier alpha value is -1.29. The molecule has 3 rings (SSSR count). The van der Waals surface area contributed by atoms with Gasteiger partial charge in [0.1, 0.15) is 12.0 Å². The quantitative estimate of drug-likeness (QED) is 0.739. The van der Waals surface area contributed by atoms with Crippen molar-refractivity contribution in [2.75, 3.05) is 26.2 Å². The molecule has 1 aromatic rings. The summed E-state index contributed by atoms with van der Waals surface area (Å²) < 4.78 is 5.21. The Labute approximate surface area is 101 Å². The molecule has 1 atom stereocenters. The highest BCUT2D eigenvalue weighted by molar-refractivity contribution is 5.94. The molecular weight excluding hydrogens is 216 g/mol. The summed E-state index contributed by atoms with van der Waals surface area (Å²) in [6.07, 6.45) is 4.07. The number of carbonyl (C=O) groups excluding carboxylic acids is 1. The van der Waals surface area contributed by atoms with Gasteiger partial charge in [0.05, 0.1) is 5.56 Å². The van der Waals surface area contributed by atoms with Gasteiger partial charge in [0.2, 0.25) is 0 Å². The molecule has 2 aliphatic rings. The second-order valence-corrected chi connectivity index (χ2v) is 5.03. The molecule has 2 saturated heterocycles. The highest BCUT2D eigenvalue weighted by atomic mass is 16.3. The van der Waals surface area contributed by atoms with Crippen LogP contribution in [0.4, 0.5) is 0 Å². The van der Waals surface area contributed by atoms with Crippen molar-refractivity contribution in [2.45, 2.75) is 25.8 Å². The molecule has 0 aromatic carbocycles. The van der Waals surface area contributed by atoms with Gasteiger partial charge in [-0.05, 0) is 32.4 Å². The molecule has 0 N–H and O–H groups in total. The van der Waals surface area contributed by atoms with E-state index in [1.165, 1.54) is 19.4 Å². The zero-order valence-corrected chi connectivity index (χ0v) is 10.2. The smallest absolute Gasteiger partial charge is 0.257 e. The highest BCUT2D eigenvalue weighted by Gasteiger charge is 2.32. The van der Waals surface area contributed by atoms with Crippen molar-refractivity contribution >= 4 is 5.91 Å². The average Bonchev–Trinajstić information content (AvgIpc) is 2.95. The number of hydrogen-bond donors (Lipinski definition) is 0. The molecule has 1 aromatic heterocycles. The summed E-state index contributed by atoms with van der Waals surface area (Å²) in [5, 5.41) is 0. The van der Waals surface area contributed by atoms with Crippen LogP contribution in [-0.2, 0) is 0 Å². The number of furan rings is 1. The maximum atomic E-state index is 12.2. The predicted molar refractivity (Wildman–Crippen MR) is 63.9 cm³/mol. The number of aryl methyl sites for hydroxylation is 1.